The third kappa shape index (κ3) is 3.51. The van der Waals surface area contributed by atoms with Crippen molar-refractivity contribution in [3.8, 4) is 0 Å². The van der Waals surface area contributed by atoms with E-state index in [-0.39, 0.29) is 17.2 Å². The number of fused-ring (bicyclic) bond motifs is 4. The van der Waals surface area contributed by atoms with Crippen molar-refractivity contribution < 1.29 is 22.7 Å². The van der Waals surface area contributed by atoms with Crippen LogP contribution in [-0.2, 0) is 21.2 Å². The van der Waals surface area contributed by atoms with E-state index in [2.05, 4.69) is 4.98 Å². The average molecular weight is 457 g/mol. The maximum atomic E-state index is 12.6. The molecular formula is C22H20N2O5S2. The Hall–Kier alpha value is -2.78. The molecule has 31 heavy (non-hydrogen) atoms. The van der Waals surface area contributed by atoms with Gasteiger partial charge in [-0.1, -0.05) is 18.2 Å². The number of aromatic nitrogens is 2. The lowest BCUT2D eigenvalue weighted by molar-refractivity contribution is -0.137. The maximum Gasteiger partial charge on any atom is 0.304 e. The van der Waals surface area contributed by atoms with Gasteiger partial charge in [0.15, 0.2) is 14.9 Å². The van der Waals surface area contributed by atoms with Gasteiger partial charge >= 0.3 is 5.97 Å². The standard InChI is InChI=1S/C22H20N2O5S2/c1-31(27,28)16-8-9-23-22-19(16)21(20-14(11-17(25)26)6-4-10-24(20)22)30-18-12-13-5-2-3-7-15(13)29-18/h2-3,5,7-9,12,14H,4,6,10-11H2,1H3,(H,25,26). The second-order valence-electron chi connectivity index (χ2n) is 7.79. The van der Waals surface area contributed by atoms with Crippen molar-refractivity contribution in [2.45, 2.75) is 46.6 Å². The first-order valence-corrected chi connectivity index (χ1v) is 12.6. The van der Waals surface area contributed by atoms with Crippen LogP contribution in [0.5, 0.6) is 0 Å². The van der Waals surface area contributed by atoms with Gasteiger partial charge in [-0.2, -0.15) is 0 Å². The molecular weight excluding hydrogens is 436 g/mol. The van der Waals surface area contributed by atoms with Crippen LogP contribution in [0.25, 0.3) is 22.0 Å². The highest BCUT2D eigenvalue weighted by Crippen LogP contribution is 2.47. The molecule has 7 nitrogen and oxygen atoms in total. The summed E-state index contributed by atoms with van der Waals surface area (Å²) < 4.78 is 33.2. The molecule has 0 saturated heterocycles. The maximum absolute atomic E-state index is 12.6. The fraction of sp³-hybridized carbons (Fsp3) is 0.273. The zero-order valence-corrected chi connectivity index (χ0v) is 18.4. The fourth-order valence-electron chi connectivity index (χ4n) is 4.41. The van der Waals surface area contributed by atoms with Gasteiger partial charge < -0.3 is 14.1 Å². The second kappa shape index (κ2) is 7.42. The summed E-state index contributed by atoms with van der Waals surface area (Å²) in [6.45, 7) is 0.670. The van der Waals surface area contributed by atoms with Crippen molar-refractivity contribution in [1.82, 2.24) is 9.55 Å². The number of hydrogen-bond donors (Lipinski definition) is 1. The highest BCUT2D eigenvalue weighted by Gasteiger charge is 2.33. The molecule has 4 heterocycles. The molecule has 0 aliphatic carbocycles. The SMILES string of the molecule is CS(=O)(=O)c1ccnc2c1c(Sc1cc3ccccc3o1)c1n2CCCC1CC(=O)O. The number of nitrogens with zero attached hydrogens (tertiary/aromatic N) is 2. The van der Waals surface area contributed by atoms with Crippen molar-refractivity contribution in [1.29, 1.82) is 0 Å². The predicted octanol–water partition coefficient (Wildman–Crippen LogP) is 4.69. The summed E-state index contributed by atoms with van der Waals surface area (Å²) in [5.74, 6) is -1.10. The van der Waals surface area contributed by atoms with Crippen LogP contribution >= 0.6 is 11.8 Å². The summed E-state index contributed by atoms with van der Waals surface area (Å²) in [6, 6.07) is 11.1. The van der Waals surface area contributed by atoms with Crippen molar-refractivity contribution in [2.24, 2.45) is 0 Å². The largest absolute Gasteiger partial charge is 0.481 e. The Morgan fingerprint density at radius 3 is 2.87 bits per heavy atom. The zero-order chi connectivity index (χ0) is 21.8. The van der Waals surface area contributed by atoms with Gasteiger partial charge in [-0.05, 0) is 42.8 Å². The smallest absolute Gasteiger partial charge is 0.304 e. The molecule has 3 aromatic heterocycles. The van der Waals surface area contributed by atoms with Crippen LogP contribution in [0.3, 0.4) is 0 Å². The number of furan rings is 1. The lowest BCUT2D eigenvalue weighted by Crippen LogP contribution is -2.18. The fourth-order valence-corrected chi connectivity index (χ4v) is 6.55. The monoisotopic (exact) mass is 456 g/mol. The van der Waals surface area contributed by atoms with Gasteiger partial charge in [-0.15, -0.1) is 0 Å². The van der Waals surface area contributed by atoms with Crippen LogP contribution in [-0.4, -0.2) is 35.3 Å². The van der Waals surface area contributed by atoms with E-state index in [1.54, 1.807) is 0 Å². The first-order valence-electron chi connectivity index (χ1n) is 9.92. The summed E-state index contributed by atoms with van der Waals surface area (Å²) in [6.07, 6.45) is 4.21. The van der Waals surface area contributed by atoms with Crippen molar-refractivity contribution in [3.63, 3.8) is 0 Å². The quantitative estimate of drug-likeness (QED) is 0.465. The molecule has 0 bridgehead atoms. The molecule has 5 rings (SSSR count). The van der Waals surface area contributed by atoms with Gasteiger partial charge in [0.05, 0.1) is 16.7 Å². The van der Waals surface area contributed by atoms with E-state index in [1.807, 2.05) is 34.9 Å². The Labute approximate surface area is 183 Å². The number of rotatable bonds is 5. The highest BCUT2D eigenvalue weighted by molar-refractivity contribution is 7.99. The van der Waals surface area contributed by atoms with Gasteiger partial charge in [0.2, 0.25) is 0 Å². The number of pyridine rings is 1. The summed E-state index contributed by atoms with van der Waals surface area (Å²) in [4.78, 5) is 17.0. The van der Waals surface area contributed by atoms with Crippen LogP contribution in [0.4, 0.5) is 0 Å². The Morgan fingerprint density at radius 1 is 1.32 bits per heavy atom. The molecule has 4 aromatic rings. The zero-order valence-electron chi connectivity index (χ0n) is 16.7. The van der Waals surface area contributed by atoms with Crippen LogP contribution in [0.1, 0.15) is 30.9 Å². The van der Waals surface area contributed by atoms with Crippen LogP contribution in [0.2, 0.25) is 0 Å². The van der Waals surface area contributed by atoms with Crippen molar-refractivity contribution >= 4 is 49.6 Å². The number of aryl methyl sites for hydroxylation is 1. The Kier molecular flexibility index (Phi) is 4.82. The summed E-state index contributed by atoms with van der Waals surface area (Å²) >= 11 is 1.34. The normalized spacial score (nSPS) is 16.6. The van der Waals surface area contributed by atoms with E-state index in [0.717, 1.165) is 29.5 Å². The topological polar surface area (TPSA) is 102 Å². The highest BCUT2D eigenvalue weighted by atomic mass is 32.2. The van der Waals surface area contributed by atoms with Gasteiger partial charge in [0, 0.05) is 40.9 Å². The van der Waals surface area contributed by atoms with Gasteiger partial charge in [0.25, 0.3) is 0 Å². The Balaban J connectivity index is 1.78. The lowest BCUT2D eigenvalue weighted by atomic mass is 9.93. The van der Waals surface area contributed by atoms with Crippen LogP contribution < -0.4 is 0 Å². The minimum Gasteiger partial charge on any atom is -0.481 e. The van der Waals surface area contributed by atoms with E-state index >= 15 is 0 Å². The van der Waals surface area contributed by atoms with E-state index in [4.69, 9.17) is 4.42 Å². The predicted molar refractivity (Wildman–Crippen MR) is 117 cm³/mol. The molecule has 9 heteroatoms. The third-order valence-corrected chi connectivity index (χ3v) is 7.80. The molecule has 1 aliphatic rings. The Bertz CT molecular complexity index is 1400. The molecule has 0 amide bonds. The molecule has 1 aliphatic heterocycles. The minimum absolute atomic E-state index is 0.0157. The Morgan fingerprint density at radius 2 is 2.13 bits per heavy atom. The number of benzene rings is 1. The minimum atomic E-state index is -3.52. The lowest BCUT2D eigenvalue weighted by Gasteiger charge is -2.25. The molecule has 1 unspecified atom stereocenters. The number of carboxylic acid groups (broad SMARTS) is 1. The van der Waals surface area contributed by atoms with Gasteiger partial charge in [0.1, 0.15) is 11.2 Å². The van der Waals surface area contributed by atoms with Gasteiger partial charge in [-0.3, -0.25) is 4.79 Å². The molecule has 0 fully saturated rings. The summed E-state index contributed by atoms with van der Waals surface area (Å²) in [5.41, 5.74) is 2.15. The number of carboxylic acids is 1. The number of carbonyl (C=O) groups is 1. The van der Waals surface area contributed by atoms with E-state index < -0.39 is 15.8 Å². The van der Waals surface area contributed by atoms with E-state index in [9.17, 15) is 18.3 Å². The number of aliphatic carboxylic acids is 1. The molecule has 1 atom stereocenters. The molecule has 1 aromatic carbocycles. The van der Waals surface area contributed by atoms with Gasteiger partial charge in [-0.25, -0.2) is 13.4 Å². The first kappa shape index (κ1) is 20.1. The molecule has 0 saturated carbocycles. The molecule has 160 valence electrons. The first-order chi connectivity index (χ1) is 14.8. The third-order valence-electron chi connectivity index (χ3n) is 5.65. The van der Waals surface area contributed by atoms with Crippen LogP contribution in [0, 0.1) is 0 Å². The second-order valence-corrected chi connectivity index (χ2v) is 10.8. The number of sulfone groups is 1. The number of hydrogen-bond acceptors (Lipinski definition) is 6. The summed E-state index contributed by atoms with van der Waals surface area (Å²) in [7, 11) is -3.52. The molecule has 0 spiro atoms. The average Bonchev–Trinajstić information content (AvgIpc) is 3.26. The molecule has 0 radical (unpaired) electrons. The van der Waals surface area contributed by atoms with E-state index in [1.165, 1.54) is 30.3 Å². The molecule has 1 N–H and O–H groups in total. The van der Waals surface area contributed by atoms with Crippen LogP contribution in [0.15, 0.2) is 61.9 Å². The van der Waals surface area contributed by atoms with Crippen molar-refractivity contribution in [2.75, 3.05) is 6.26 Å². The number of para-hydroxylation sites is 1. The summed E-state index contributed by atoms with van der Waals surface area (Å²) in [5, 5.41) is 11.6. The van der Waals surface area contributed by atoms with E-state index in [0.29, 0.717) is 27.6 Å². The van der Waals surface area contributed by atoms with Crippen molar-refractivity contribution in [3.05, 3.63) is 48.3 Å².